The lowest BCUT2D eigenvalue weighted by molar-refractivity contribution is -0.135. The quantitative estimate of drug-likeness (QED) is 0.0580. The molecular weight excluding hydrogens is 672 g/mol. The topological polar surface area (TPSA) is 232 Å². The van der Waals surface area contributed by atoms with Gasteiger partial charge in [-0.1, -0.05) is 24.3 Å². The lowest BCUT2D eigenvalue weighted by Gasteiger charge is -2.16. The Morgan fingerprint density at radius 3 is 1.94 bits per heavy atom. The van der Waals surface area contributed by atoms with Crippen LogP contribution in [0.25, 0.3) is 11.8 Å². The van der Waals surface area contributed by atoms with Gasteiger partial charge in [-0.2, -0.15) is 36.7 Å². The molecule has 0 saturated heterocycles. The number of hydrazone groups is 1. The van der Waals surface area contributed by atoms with E-state index in [4.69, 9.17) is 9.47 Å². The molecule has 48 heavy (non-hydrogen) atoms. The van der Waals surface area contributed by atoms with Crippen LogP contribution in [0.15, 0.2) is 93.8 Å². The lowest BCUT2D eigenvalue weighted by atomic mass is 10.2. The zero-order chi connectivity index (χ0) is 35.6. The maximum absolute atomic E-state index is 13.1. The van der Waals surface area contributed by atoms with E-state index in [0.717, 1.165) is 40.0 Å². The van der Waals surface area contributed by atoms with Crippen molar-refractivity contribution < 1.29 is 54.9 Å². The Labute approximate surface area is 275 Å². The highest BCUT2D eigenvalue weighted by atomic mass is 32.2. The van der Waals surface area contributed by atoms with Gasteiger partial charge in [0.2, 0.25) is 5.88 Å². The van der Waals surface area contributed by atoms with Gasteiger partial charge in [-0.15, -0.1) is 0 Å². The van der Waals surface area contributed by atoms with Crippen LogP contribution in [0.5, 0.6) is 5.88 Å². The maximum atomic E-state index is 13.1. The summed E-state index contributed by atoms with van der Waals surface area (Å²) in [4.78, 5) is 36.9. The Balaban J connectivity index is 1.88. The van der Waals surface area contributed by atoms with Crippen molar-refractivity contribution in [3.05, 3.63) is 90.2 Å². The van der Waals surface area contributed by atoms with Gasteiger partial charge in [0, 0.05) is 6.08 Å². The van der Waals surface area contributed by atoms with E-state index in [1.807, 2.05) is 0 Å². The van der Waals surface area contributed by atoms with Crippen molar-refractivity contribution in [2.75, 3.05) is 18.2 Å². The molecule has 1 aromatic heterocycles. The summed E-state index contributed by atoms with van der Waals surface area (Å²) in [6, 6.07) is 9.17. The van der Waals surface area contributed by atoms with Gasteiger partial charge in [-0.05, 0) is 75.4 Å². The van der Waals surface area contributed by atoms with Crippen molar-refractivity contribution in [3.63, 3.8) is 0 Å². The first-order valence-electron chi connectivity index (χ1n) is 13.8. The Kier molecular flexibility index (Phi) is 12.3. The van der Waals surface area contributed by atoms with Crippen LogP contribution in [0.2, 0.25) is 0 Å². The van der Waals surface area contributed by atoms with Crippen LogP contribution < -0.4 is 5.01 Å². The van der Waals surface area contributed by atoms with Crippen molar-refractivity contribution in [3.8, 4) is 11.6 Å². The third-order valence-electron chi connectivity index (χ3n) is 5.99. The number of allylic oxidation sites excluding steroid dienone is 4. The van der Waals surface area contributed by atoms with Crippen LogP contribution >= 0.6 is 0 Å². The molecular formula is C30H30N4O12S2. The zero-order valence-corrected chi connectivity index (χ0v) is 27.3. The minimum atomic E-state index is -4.50. The third kappa shape index (κ3) is 9.55. The van der Waals surface area contributed by atoms with Gasteiger partial charge in [0.15, 0.2) is 5.69 Å². The van der Waals surface area contributed by atoms with Crippen LogP contribution in [0.3, 0.4) is 0 Å². The fourth-order valence-corrected chi connectivity index (χ4v) is 4.73. The monoisotopic (exact) mass is 702 g/mol. The second kappa shape index (κ2) is 15.9. The molecule has 16 nitrogen and oxygen atoms in total. The van der Waals surface area contributed by atoms with E-state index in [2.05, 4.69) is 10.2 Å². The van der Waals surface area contributed by atoms with E-state index in [1.165, 1.54) is 61.6 Å². The summed E-state index contributed by atoms with van der Waals surface area (Å²) in [5, 5.41) is 19.8. The van der Waals surface area contributed by atoms with Gasteiger partial charge in [-0.25, -0.2) is 9.59 Å². The normalized spacial score (nSPS) is 12.6. The molecule has 0 saturated carbocycles. The summed E-state index contributed by atoms with van der Waals surface area (Å²) < 4.78 is 74.9. The molecule has 3 N–H and O–H groups in total. The molecule has 0 fully saturated rings. The minimum absolute atomic E-state index is 0.0163. The van der Waals surface area contributed by atoms with E-state index in [-0.39, 0.29) is 46.5 Å². The molecule has 0 aliphatic rings. The molecule has 1 amide bonds. The van der Waals surface area contributed by atoms with Gasteiger partial charge < -0.3 is 14.6 Å². The lowest BCUT2D eigenvalue weighted by Crippen LogP contribution is -2.27. The standard InChI is InChI=1S/C30H30N4O12S2/c1-4-45-29(37)20(3)31-33(21-12-16-23(17-13-21)47(39,40)41)26(35)11-9-7-6-8-10-25-27(30(38)46-5-2)32-34(28(25)36)22-14-18-24(19-15-22)48(42,43)44/h6-19,36H,4-5H2,1-3H3,(H,39,40,41)(H,42,43,44)/b7-6?,10-8?,11-9-,31-20+. The van der Waals surface area contributed by atoms with Gasteiger partial charge in [0.05, 0.1) is 39.9 Å². The van der Waals surface area contributed by atoms with Crippen molar-refractivity contribution >= 4 is 55.6 Å². The van der Waals surface area contributed by atoms with Crippen LogP contribution in [0, 0.1) is 0 Å². The summed E-state index contributed by atoms with van der Waals surface area (Å²) in [6.07, 6.45) is 7.99. The average Bonchev–Trinajstić information content (AvgIpc) is 3.36. The number of hydrogen-bond donors (Lipinski definition) is 3. The number of aromatic hydroxyl groups is 1. The molecule has 0 bridgehead atoms. The highest BCUT2D eigenvalue weighted by Gasteiger charge is 2.23. The number of esters is 2. The number of hydrogen-bond acceptors (Lipinski definition) is 12. The smallest absolute Gasteiger partial charge is 0.359 e. The first-order valence-corrected chi connectivity index (χ1v) is 16.7. The molecule has 0 unspecified atom stereocenters. The first kappa shape index (κ1) is 37.0. The molecule has 254 valence electrons. The van der Waals surface area contributed by atoms with E-state index >= 15 is 0 Å². The van der Waals surface area contributed by atoms with Gasteiger partial charge in [-0.3, -0.25) is 13.9 Å². The number of anilines is 1. The van der Waals surface area contributed by atoms with Gasteiger partial charge in [0.1, 0.15) is 5.71 Å². The molecule has 0 aliphatic carbocycles. The Hall–Kier alpha value is -5.43. The summed E-state index contributed by atoms with van der Waals surface area (Å²) in [5.74, 6) is -2.88. The van der Waals surface area contributed by atoms with E-state index in [0.29, 0.717) is 0 Å². The van der Waals surface area contributed by atoms with Crippen molar-refractivity contribution in [2.45, 2.75) is 30.6 Å². The molecule has 1 heterocycles. The summed E-state index contributed by atoms with van der Waals surface area (Å²) in [7, 11) is -8.97. The van der Waals surface area contributed by atoms with Crippen LogP contribution in [0.4, 0.5) is 5.69 Å². The molecule has 0 spiro atoms. The highest BCUT2D eigenvalue weighted by molar-refractivity contribution is 7.86. The Morgan fingerprint density at radius 2 is 1.40 bits per heavy atom. The van der Waals surface area contributed by atoms with E-state index in [9.17, 15) is 45.4 Å². The van der Waals surface area contributed by atoms with Gasteiger partial charge >= 0.3 is 11.9 Å². The number of aromatic nitrogens is 2. The maximum Gasteiger partial charge on any atom is 0.359 e. The number of carbonyl (C=O) groups is 3. The predicted octanol–water partition coefficient (Wildman–Crippen LogP) is 3.35. The van der Waals surface area contributed by atoms with Crippen LogP contribution in [0.1, 0.15) is 36.8 Å². The number of nitrogens with zero attached hydrogens (tertiary/aromatic N) is 4. The number of benzene rings is 2. The summed E-state index contributed by atoms with van der Waals surface area (Å²) >= 11 is 0. The van der Waals surface area contributed by atoms with Gasteiger partial charge in [0.25, 0.3) is 26.1 Å². The minimum Gasteiger partial charge on any atom is -0.493 e. The number of ether oxygens (including phenoxy) is 2. The molecule has 0 radical (unpaired) electrons. The molecule has 2 aromatic carbocycles. The fraction of sp³-hybridized carbons (Fsp3) is 0.167. The van der Waals surface area contributed by atoms with Crippen molar-refractivity contribution in [1.29, 1.82) is 0 Å². The SMILES string of the molecule is CCOC(=O)/C(C)=N/N(C(=O)/C=C\C=CC=Cc1c(C(=O)OCC)nn(-c2ccc(S(=O)(=O)O)cc2)c1O)c1ccc(S(=O)(=O)O)cc1. The third-order valence-corrected chi connectivity index (χ3v) is 7.72. The average molecular weight is 703 g/mol. The Bertz CT molecular complexity index is 2010. The van der Waals surface area contributed by atoms with E-state index < -0.39 is 48.9 Å². The highest BCUT2D eigenvalue weighted by Crippen LogP contribution is 2.28. The van der Waals surface area contributed by atoms with Crippen LogP contribution in [-0.4, -0.2) is 77.6 Å². The van der Waals surface area contributed by atoms with Crippen molar-refractivity contribution in [2.24, 2.45) is 5.10 Å². The van der Waals surface area contributed by atoms with Crippen LogP contribution in [-0.2, 0) is 39.3 Å². The number of amides is 1. The molecule has 0 atom stereocenters. The summed E-state index contributed by atoms with van der Waals surface area (Å²) in [6.45, 7) is 4.56. The molecule has 18 heteroatoms. The largest absolute Gasteiger partial charge is 0.493 e. The number of rotatable bonds is 13. The predicted molar refractivity (Wildman–Crippen MR) is 172 cm³/mol. The Morgan fingerprint density at radius 1 is 0.854 bits per heavy atom. The van der Waals surface area contributed by atoms with E-state index in [1.54, 1.807) is 13.8 Å². The second-order valence-corrected chi connectivity index (χ2v) is 12.2. The van der Waals surface area contributed by atoms with Crippen molar-refractivity contribution in [1.82, 2.24) is 9.78 Å². The summed E-state index contributed by atoms with van der Waals surface area (Å²) in [5.41, 5.74) is -0.242. The molecule has 3 aromatic rings. The second-order valence-electron chi connectivity index (χ2n) is 9.32. The molecule has 0 aliphatic heterocycles. The first-order chi connectivity index (χ1) is 22.6. The fourth-order valence-electron chi connectivity index (χ4n) is 3.77. The number of carbonyl (C=O) groups excluding carboxylic acids is 3. The molecule has 3 rings (SSSR count). The zero-order valence-electron chi connectivity index (χ0n) is 25.6.